The molecule has 1 saturated carbocycles. The molecule has 5 nitrogen and oxygen atoms in total. The summed E-state index contributed by atoms with van der Waals surface area (Å²) in [6, 6.07) is 6.24. The van der Waals surface area contributed by atoms with Gasteiger partial charge in [-0.3, -0.25) is 10.1 Å². The lowest BCUT2D eigenvalue weighted by atomic mass is 9.91. The van der Waals surface area contributed by atoms with E-state index in [4.69, 9.17) is 4.74 Å². The van der Waals surface area contributed by atoms with E-state index in [0.717, 1.165) is 31.2 Å². The average Bonchev–Trinajstić information content (AvgIpc) is 2.51. The second-order valence-electron chi connectivity index (χ2n) is 5.80. The largest absolute Gasteiger partial charge is 0.508 e. The van der Waals surface area contributed by atoms with Gasteiger partial charge in [-0.05, 0) is 43.9 Å². The van der Waals surface area contributed by atoms with Crippen molar-refractivity contribution in [2.24, 2.45) is 0 Å². The van der Waals surface area contributed by atoms with Crippen LogP contribution < -0.4 is 5.32 Å². The molecule has 0 heterocycles. The van der Waals surface area contributed by atoms with Gasteiger partial charge in [-0.1, -0.05) is 25.0 Å². The van der Waals surface area contributed by atoms with Crippen LogP contribution in [0.2, 0.25) is 0 Å². The lowest BCUT2D eigenvalue weighted by molar-refractivity contribution is -0.146. The van der Waals surface area contributed by atoms with Crippen LogP contribution in [0.4, 0.5) is 0 Å². The number of carbonyl (C=O) groups excluding carboxylic acids is 1. The summed E-state index contributed by atoms with van der Waals surface area (Å²) in [4.78, 5) is 12.2. The molecular formula is C17H25NO4. The van der Waals surface area contributed by atoms with E-state index >= 15 is 0 Å². The van der Waals surface area contributed by atoms with Crippen molar-refractivity contribution >= 4 is 5.97 Å². The molecule has 3 N–H and O–H groups in total. The molecule has 1 aromatic carbocycles. The number of phenols is 1. The van der Waals surface area contributed by atoms with E-state index in [1.807, 2.05) is 0 Å². The van der Waals surface area contributed by atoms with Crippen LogP contribution in [0.25, 0.3) is 0 Å². The predicted molar refractivity (Wildman–Crippen MR) is 83.6 cm³/mol. The zero-order chi connectivity index (χ0) is 15.9. The maximum Gasteiger partial charge on any atom is 0.323 e. The molecule has 0 spiro atoms. The van der Waals surface area contributed by atoms with Crippen molar-refractivity contribution in [2.75, 3.05) is 6.61 Å². The molecule has 1 fully saturated rings. The fourth-order valence-electron chi connectivity index (χ4n) is 2.89. The van der Waals surface area contributed by atoms with E-state index < -0.39 is 12.1 Å². The number of rotatable bonds is 6. The van der Waals surface area contributed by atoms with E-state index in [2.05, 4.69) is 5.32 Å². The summed E-state index contributed by atoms with van der Waals surface area (Å²) in [5, 5.41) is 22.7. The van der Waals surface area contributed by atoms with Crippen LogP contribution in [-0.4, -0.2) is 41.0 Å². The molecule has 0 aliphatic heterocycles. The van der Waals surface area contributed by atoms with Crippen molar-refractivity contribution in [1.82, 2.24) is 5.32 Å². The molecule has 1 aromatic rings. The zero-order valence-corrected chi connectivity index (χ0v) is 13.0. The Labute approximate surface area is 131 Å². The number of carbonyl (C=O) groups is 1. The number of ether oxygens (including phenoxy) is 1. The topological polar surface area (TPSA) is 78.8 Å². The van der Waals surface area contributed by atoms with Gasteiger partial charge >= 0.3 is 5.97 Å². The van der Waals surface area contributed by atoms with Crippen LogP contribution in [-0.2, 0) is 16.0 Å². The summed E-state index contributed by atoms with van der Waals surface area (Å²) < 4.78 is 5.14. The van der Waals surface area contributed by atoms with Gasteiger partial charge in [0.2, 0.25) is 0 Å². The van der Waals surface area contributed by atoms with E-state index in [9.17, 15) is 15.0 Å². The van der Waals surface area contributed by atoms with Crippen LogP contribution >= 0.6 is 0 Å². The average molecular weight is 307 g/mol. The summed E-state index contributed by atoms with van der Waals surface area (Å²) in [6.07, 6.45) is 3.79. The number of aromatic hydroxyl groups is 1. The Hall–Kier alpha value is -1.59. The second-order valence-corrected chi connectivity index (χ2v) is 5.80. The summed E-state index contributed by atoms with van der Waals surface area (Å²) in [5.74, 6) is -0.0968. The van der Waals surface area contributed by atoms with Crippen molar-refractivity contribution in [2.45, 2.75) is 57.2 Å². The van der Waals surface area contributed by atoms with Gasteiger partial charge in [-0.15, -0.1) is 0 Å². The van der Waals surface area contributed by atoms with Gasteiger partial charge in [0, 0.05) is 6.04 Å². The molecule has 0 saturated heterocycles. The first kappa shape index (κ1) is 16.8. The number of aliphatic hydroxyl groups excluding tert-OH is 1. The third kappa shape index (κ3) is 4.71. The Morgan fingerprint density at radius 2 is 2.00 bits per heavy atom. The van der Waals surface area contributed by atoms with Crippen LogP contribution in [0.3, 0.4) is 0 Å². The van der Waals surface area contributed by atoms with E-state index in [0.29, 0.717) is 13.0 Å². The van der Waals surface area contributed by atoms with E-state index in [1.54, 1.807) is 31.2 Å². The van der Waals surface area contributed by atoms with E-state index in [-0.39, 0.29) is 17.8 Å². The normalized spacial score (nSPS) is 23.0. The maximum atomic E-state index is 12.2. The number of esters is 1. The molecule has 2 rings (SSSR count). The molecule has 0 bridgehead atoms. The van der Waals surface area contributed by atoms with Crippen molar-refractivity contribution < 1.29 is 19.7 Å². The molecule has 1 aliphatic carbocycles. The van der Waals surface area contributed by atoms with Crippen molar-refractivity contribution in [1.29, 1.82) is 0 Å². The molecule has 0 unspecified atom stereocenters. The van der Waals surface area contributed by atoms with Crippen LogP contribution in [0.15, 0.2) is 24.3 Å². The molecule has 3 atom stereocenters. The number of aliphatic hydroxyl groups is 1. The fraction of sp³-hybridized carbons (Fsp3) is 0.588. The summed E-state index contributed by atoms with van der Waals surface area (Å²) in [6.45, 7) is 2.12. The van der Waals surface area contributed by atoms with Gasteiger partial charge in [0.15, 0.2) is 0 Å². The first-order chi connectivity index (χ1) is 10.6. The van der Waals surface area contributed by atoms with Crippen molar-refractivity contribution in [3.8, 4) is 5.75 Å². The number of hydrogen-bond acceptors (Lipinski definition) is 5. The number of hydrogen-bond donors (Lipinski definition) is 3. The highest BCUT2D eigenvalue weighted by Crippen LogP contribution is 2.20. The monoisotopic (exact) mass is 307 g/mol. The highest BCUT2D eigenvalue weighted by Gasteiger charge is 2.29. The molecule has 122 valence electrons. The predicted octanol–water partition coefficient (Wildman–Crippen LogP) is 1.76. The molecular weight excluding hydrogens is 282 g/mol. The number of phenolic OH excluding ortho intramolecular Hbond substituents is 1. The molecule has 1 aliphatic rings. The third-order valence-corrected chi connectivity index (χ3v) is 4.09. The minimum atomic E-state index is -0.484. The Morgan fingerprint density at radius 3 is 2.64 bits per heavy atom. The smallest absolute Gasteiger partial charge is 0.323 e. The number of nitrogens with one attached hydrogen (secondary N) is 1. The Bertz CT molecular complexity index is 474. The minimum absolute atomic E-state index is 0.0692. The van der Waals surface area contributed by atoms with Gasteiger partial charge in [0.25, 0.3) is 0 Å². The molecule has 0 radical (unpaired) electrons. The highest BCUT2D eigenvalue weighted by atomic mass is 16.5. The van der Waals surface area contributed by atoms with Gasteiger partial charge < -0.3 is 14.9 Å². The van der Waals surface area contributed by atoms with Gasteiger partial charge in [0.1, 0.15) is 11.8 Å². The van der Waals surface area contributed by atoms with Crippen molar-refractivity contribution in [3.63, 3.8) is 0 Å². The fourth-order valence-corrected chi connectivity index (χ4v) is 2.89. The highest BCUT2D eigenvalue weighted by molar-refractivity contribution is 5.76. The second kappa shape index (κ2) is 8.15. The standard InChI is InChI=1S/C17H25NO4/c1-2-22-17(21)15(11-12-7-9-13(19)10-8-12)18-14-5-3-4-6-16(14)20/h7-10,14-16,18-20H,2-6,11H2,1H3/t14-,15+,16-/m1/s1. The van der Waals surface area contributed by atoms with Crippen LogP contribution in [0.5, 0.6) is 5.75 Å². The van der Waals surface area contributed by atoms with Gasteiger partial charge in [-0.2, -0.15) is 0 Å². The summed E-state index contributed by atoms with van der Waals surface area (Å²) in [5.41, 5.74) is 0.939. The van der Waals surface area contributed by atoms with Gasteiger partial charge in [-0.25, -0.2) is 0 Å². The third-order valence-electron chi connectivity index (χ3n) is 4.09. The Kier molecular flexibility index (Phi) is 6.21. The van der Waals surface area contributed by atoms with E-state index in [1.165, 1.54) is 0 Å². The van der Waals surface area contributed by atoms with Crippen molar-refractivity contribution in [3.05, 3.63) is 29.8 Å². The Balaban J connectivity index is 2.04. The number of benzene rings is 1. The lowest BCUT2D eigenvalue weighted by Crippen LogP contribution is -2.51. The zero-order valence-electron chi connectivity index (χ0n) is 13.0. The lowest BCUT2D eigenvalue weighted by Gasteiger charge is -2.31. The first-order valence-electron chi connectivity index (χ1n) is 7.98. The van der Waals surface area contributed by atoms with Crippen LogP contribution in [0, 0.1) is 0 Å². The van der Waals surface area contributed by atoms with Crippen LogP contribution in [0.1, 0.15) is 38.2 Å². The molecule has 5 heteroatoms. The Morgan fingerprint density at radius 1 is 1.32 bits per heavy atom. The minimum Gasteiger partial charge on any atom is -0.508 e. The first-order valence-corrected chi connectivity index (χ1v) is 7.98. The quantitative estimate of drug-likeness (QED) is 0.698. The molecule has 0 amide bonds. The maximum absolute atomic E-state index is 12.2. The summed E-state index contributed by atoms with van der Waals surface area (Å²) >= 11 is 0. The molecule has 22 heavy (non-hydrogen) atoms. The van der Waals surface area contributed by atoms with Gasteiger partial charge in [0.05, 0.1) is 12.7 Å². The summed E-state index contributed by atoms with van der Waals surface area (Å²) in [7, 11) is 0. The SMILES string of the molecule is CCOC(=O)[C@H](Cc1ccc(O)cc1)N[C@@H]1CCCC[C@H]1O. The molecule has 0 aromatic heterocycles.